The summed E-state index contributed by atoms with van der Waals surface area (Å²) >= 11 is 0. The summed E-state index contributed by atoms with van der Waals surface area (Å²) in [7, 11) is 0. The van der Waals surface area contributed by atoms with Gasteiger partial charge in [-0.1, -0.05) is 70.7 Å². The van der Waals surface area contributed by atoms with Crippen LogP contribution in [0.4, 0.5) is 0 Å². The van der Waals surface area contributed by atoms with Crippen LogP contribution in [0.15, 0.2) is 24.3 Å². The van der Waals surface area contributed by atoms with Crippen molar-refractivity contribution >= 4 is 0 Å². The molecule has 0 radical (unpaired) electrons. The molecule has 1 nitrogen and oxygen atoms in total. The molecule has 1 heteroatoms. The van der Waals surface area contributed by atoms with Gasteiger partial charge in [-0.2, -0.15) is 0 Å². The fourth-order valence-electron chi connectivity index (χ4n) is 2.65. The summed E-state index contributed by atoms with van der Waals surface area (Å²) in [6.45, 7) is 11.3. The van der Waals surface area contributed by atoms with E-state index < -0.39 is 0 Å². The van der Waals surface area contributed by atoms with Crippen molar-refractivity contribution in [1.29, 1.82) is 0 Å². The van der Waals surface area contributed by atoms with Gasteiger partial charge in [-0.15, -0.1) is 0 Å². The number of benzene rings is 1. The minimum absolute atomic E-state index is 0.442. The monoisotopic (exact) mass is 275 g/mol. The van der Waals surface area contributed by atoms with Crippen molar-refractivity contribution in [2.24, 2.45) is 0 Å². The second kappa shape index (κ2) is 9.18. The molecule has 0 bridgehead atoms. The van der Waals surface area contributed by atoms with E-state index in [1.807, 2.05) is 0 Å². The van der Waals surface area contributed by atoms with E-state index in [0.717, 1.165) is 0 Å². The van der Waals surface area contributed by atoms with Gasteiger partial charge in [0.05, 0.1) is 0 Å². The van der Waals surface area contributed by atoms with Crippen LogP contribution in [0.25, 0.3) is 0 Å². The number of hydrogen-bond donors (Lipinski definition) is 1. The summed E-state index contributed by atoms with van der Waals surface area (Å²) in [5.74, 6) is 0.616. The number of nitrogens with one attached hydrogen (secondary N) is 1. The topological polar surface area (TPSA) is 12.0 Å². The molecule has 0 saturated heterocycles. The van der Waals surface area contributed by atoms with Gasteiger partial charge < -0.3 is 5.32 Å². The molecule has 114 valence electrons. The quantitative estimate of drug-likeness (QED) is 0.560. The van der Waals surface area contributed by atoms with Gasteiger partial charge in [-0.05, 0) is 37.3 Å². The molecule has 1 rings (SSSR count). The van der Waals surface area contributed by atoms with Crippen LogP contribution in [-0.2, 0) is 0 Å². The van der Waals surface area contributed by atoms with Crippen LogP contribution in [0.5, 0.6) is 0 Å². The molecule has 0 aliphatic carbocycles. The van der Waals surface area contributed by atoms with Crippen molar-refractivity contribution < 1.29 is 0 Å². The van der Waals surface area contributed by atoms with Crippen LogP contribution in [0, 0.1) is 0 Å². The predicted molar refractivity (Wildman–Crippen MR) is 90.3 cm³/mol. The summed E-state index contributed by atoms with van der Waals surface area (Å²) in [6, 6.07) is 10.1. The summed E-state index contributed by atoms with van der Waals surface area (Å²) in [6.07, 6.45) is 6.70. The Balaban J connectivity index is 2.39. The molecule has 1 N–H and O–H groups in total. The molecule has 2 unspecified atom stereocenters. The molecule has 0 fully saturated rings. The Bertz CT molecular complexity index is 353. The lowest BCUT2D eigenvalue weighted by Gasteiger charge is -2.21. The fraction of sp³-hybridized carbons (Fsp3) is 0.684. The molecule has 1 aromatic carbocycles. The highest BCUT2D eigenvalue weighted by Gasteiger charge is 2.09. The van der Waals surface area contributed by atoms with Crippen molar-refractivity contribution in [3.8, 4) is 0 Å². The van der Waals surface area contributed by atoms with Gasteiger partial charge in [0.1, 0.15) is 0 Å². The van der Waals surface area contributed by atoms with Crippen LogP contribution >= 0.6 is 0 Å². The number of rotatable bonds is 9. The van der Waals surface area contributed by atoms with Crippen LogP contribution < -0.4 is 5.32 Å². The molecule has 1 aromatic rings. The highest BCUT2D eigenvalue weighted by Crippen LogP contribution is 2.19. The van der Waals surface area contributed by atoms with Crippen molar-refractivity contribution in [2.45, 2.75) is 84.7 Å². The van der Waals surface area contributed by atoms with E-state index in [4.69, 9.17) is 0 Å². The number of hydrogen-bond acceptors (Lipinski definition) is 1. The Morgan fingerprint density at radius 1 is 0.850 bits per heavy atom. The van der Waals surface area contributed by atoms with Crippen molar-refractivity contribution in [3.63, 3.8) is 0 Å². The molecule has 20 heavy (non-hydrogen) atoms. The second-order valence-corrected chi connectivity index (χ2v) is 6.46. The first-order chi connectivity index (χ1) is 9.54. The zero-order valence-electron chi connectivity index (χ0n) is 14.1. The maximum absolute atomic E-state index is 3.72. The first-order valence-corrected chi connectivity index (χ1v) is 8.40. The van der Waals surface area contributed by atoms with Crippen molar-refractivity contribution in [1.82, 2.24) is 5.32 Å². The smallest absolute Gasteiger partial charge is 0.0294 e. The highest BCUT2D eigenvalue weighted by molar-refractivity contribution is 5.26. The Morgan fingerprint density at radius 2 is 1.45 bits per heavy atom. The molecule has 0 amide bonds. The van der Waals surface area contributed by atoms with E-state index in [0.29, 0.717) is 18.0 Å². The van der Waals surface area contributed by atoms with Crippen molar-refractivity contribution in [3.05, 3.63) is 35.4 Å². The zero-order valence-corrected chi connectivity index (χ0v) is 14.1. The van der Waals surface area contributed by atoms with E-state index >= 15 is 0 Å². The average Bonchev–Trinajstić information content (AvgIpc) is 2.43. The Morgan fingerprint density at radius 3 is 2.00 bits per heavy atom. The molecule has 2 atom stereocenters. The normalized spacial score (nSPS) is 14.5. The second-order valence-electron chi connectivity index (χ2n) is 6.46. The lowest BCUT2D eigenvalue weighted by Crippen LogP contribution is -2.28. The van der Waals surface area contributed by atoms with Gasteiger partial charge in [0.25, 0.3) is 0 Å². The summed E-state index contributed by atoms with van der Waals surface area (Å²) in [4.78, 5) is 0. The fourth-order valence-corrected chi connectivity index (χ4v) is 2.65. The maximum atomic E-state index is 3.72. The van der Waals surface area contributed by atoms with Crippen LogP contribution in [0.2, 0.25) is 0 Å². The Hall–Kier alpha value is -0.820. The maximum Gasteiger partial charge on any atom is 0.0294 e. The lowest BCUT2D eigenvalue weighted by atomic mass is 9.99. The van der Waals surface area contributed by atoms with E-state index in [-0.39, 0.29) is 0 Å². The van der Waals surface area contributed by atoms with Gasteiger partial charge in [0, 0.05) is 12.1 Å². The van der Waals surface area contributed by atoms with Crippen LogP contribution in [-0.4, -0.2) is 6.04 Å². The van der Waals surface area contributed by atoms with Gasteiger partial charge in [0.2, 0.25) is 0 Å². The largest absolute Gasteiger partial charge is 0.308 e. The Kier molecular flexibility index (Phi) is 7.91. The first-order valence-electron chi connectivity index (χ1n) is 8.40. The molecule has 0 aliphatic heterocycles. The molecular weight excluding hydrogens is 242 g/mol. The highest BCUT2D eigenvalue weighted by atomic mass is 14.9. The lowest BCUT2D eigenvalue weighted by molar-refractivity contribution is 0.438. The molecule has 0 aromatic heterocycles. The van der Waals surface area contributed by atoms with E-state index in [1.165, 1.54) is 43.2 Å². The molecule has 0 saturated carbocycles. The molecule has 0 spiro atoms. The summed E-state index contributed by atoms with van der Waals surface area (Å²) in [5.41, 5.74) is 2.82. The Labute approximate surface area is 126 Å². The van der Waals surface area contributed by atoms with Crippen molar-refractivity contribution in [2.75, 3.05) is 0 Å². The third kappa shape index (κ3) is 6.09. The third-order valence-electron chi connectivity index (χ3n) is 4.13. The van der Waals surface area contributed by atoms with E-state index in [2.05, 4.69) is 64.2 Å². The first kappa shape index (κ1) is 17.2. The number of unbranched alkanes of at least 4 members (excludes halogenated alkanes) is 3. The molecular formula is C19H33N. The van der Waals surface area contributed by atoms with Crippen LogP contribution in [0.3, 0.4) is 0 Å². The van der Waals surface area contributed by atoms with Gasteiger partial charge in [-0.25, -0.2) is 0 Å². The third-order valence-corrected chi connectivity index (χ3v) is 4.13. The average molecular weight is 275 g/mol. The standard InChI is InChI=1S/C19H33N/c1-6-7-8-9-10-16(4)20-17(5)19-13-11-18(12-14-19)15(2)3/h11-17,20H,6-10H2,1-5H3. The summed E-state index contributed by atoms with van der Waals surface area (Å²) in [5, 5.41) is 3.72. The van der Waals surface area contributed by atoms with E-state index in [1.54, 1.807) is 0 Å². The SMILES string of the molecule is CCCCCCC(C)NC(C)c1ccc(C(C)C)cc1. The molecule has 0 aliphatic rings. The van der Waals surface area contributed by atoms with E-state index in [9.17, 15) is 0 Å². The summed E-state index contributed by atoms with van der Waals surface area (Å²) < 4.78 is 0. The minimum atomic E-state index is 0.442. The van der Waals surface area contributed by atoms with Crippen LogP contribution in [0.1, 0.15) is 89.8 Å². The van der Waals surface area contributed by atoms with Gasteiger partial charge in [0.15, 0.2) is 0 Å². The predicted octanol–water partition coefficient (Wildman–Crippen LogP) is 5.82. The molecule has 0 heterocycles. The zero-order chi connectivity index (χ0) is 15.0. The minimum Gasteiger partial charge on any atom is -0.308 e. The van der Waals surface area contributed by atoms with Gasteiger partial charge >= 0.3 is 0 Å². The van der Waals surface area contributed by atoms with Gasteiger partial charge in [-0.3, -0.25) is 0 Å².